The SMILES string of the molecule is COc1ccc2c3c([nH]c2c1)[C@@H](CO)N(C(=O)C1CCCC1)CC31CCN(C(=O)NC(C)C)CC1. The van der Waals surface area contributed by atoms with Gasteiger partial charge in [0.15, 0.2) is 0 Å². The summed E-state index contributed by atoms with van der Waals surface area (Å²) in [6, 6.07) is 5.73. The van der Waals surface area contributed by atoms with Crippen molar-refractivity contribution in [2.24, 2.45) is 5.92 Å². The molecule has 1 aromatic carbocycles. The van der Waals surface area contributed by atoms with Crippen LogP contribution in [0.25, 0.3) is 10.9 Å². The number of nitrogens with one attached hydrogen (secondary N) is 2. The number of ether oxygens (including phenoxy) is 1. The number of piperidine rings is 1. The second-order valence-corrected chi connectivity index (χ2v) is 10.8. The number of amides is 3. The third kappa shape index (κ3) is 4.15. The lowest BCUT2D eigenvalue weighted by Crippen LogP contribution is -2.57. The van der Waals surface area contributed by atoms with Gasteiger partial charge in [-0.05, 0) is 57.2 Å². The van der Waals surface area contributed by atoms with Crippen molar-refractivity contribution >= 4 is 22.8 Å². The van der Waals surface area contributed by atoms with Crippen LogP contribution < -0.4 is 10.1 Å². The number of aliphatic hydroxyl groups is 1. The van der Waals surface area contributed by atoms with E-state index in [4.69, 9.17) is 4.74 Å². The first kappa shape index (κ1) is 24.0. The Morgan fingerprint density at radius 3 is 2.57 bits per heavy atom. The molecule has 1 atom stereocenters. The highest BCUT2D eigenvalue weighted by Crippen LogP contribution is 2.49. The molecule has 190 valence electrons. The highest BCUT2D eigenvalue weighted by Gasteiger charge is 2.50. The summed E-state index contributed by atoms with van der Waals surface area (Å²) in [6.07, 6.45) is 5.60. The highest BCUT2D eigenvalue weighted by molar-refractivity contribution is 5.89. The van der Waals surface area contributed by atoms with E-state index in [0.717, 1.165) is 60.9 Å². The van der Waals surface area contributed by atoms with Gasteiger partial charge in [-0.1, -0.05) is 12.8 Å². The van der Waals surface area contributed by atoms with Crippen molar-refractivity contribution in [3.63, 3.8) is 0 Å². The van der Waals surface area contributed by atoms with E-state index in [1.807, 2.05) is 35.8 Å². The molecule has 5 rings (SSSR count). The maximum Gasteiger partial charge on any atom is 0.317 e. The molecule has 2 aliphatic heterocycles. The minimum atomic E-state index is -0.385. The summed E-state index contributed by atoms with van der Waals surface area (Å²) >= 11 is 0. The number of hydrogen-bond acceptors (Lipinski definition) is 4. The standard InChI is InChI=1S/C27H38N4O4/c1-17(2)28-26(34)30-12-10-27(11-13-30)16-31(25(33)18-6-4-5-7-18)22(15-32)24-23(27)20-9-8-19(35-3)14-21(20)29-24/h8-9,14,17-18,22,29,32H,4-7,10-13,15-16H2,1-3H3,(H,28,34)/t22-/m1/s1. The van der Waals surface area contributed by atoms with E-state index in [9.17, 15) is 14.7 Å². The minimum absolute atomic E-state index is 0.0262. The zero-order valence-electron chi connectivity index (χ0n) is 21.1. The molecular formula is C27H38N4O4. The van der Waals surface area contributed by atoms with Crippen LogP contribution in [0.3, 0.4) is 0 Å². The van der Waals surface area contributed by atoms with Crippen LogP contribution in [0.1, 0.15) is 69.7 Å². The average Bonchev–Trinajstić information content (AvgIpc) is 3.52. The van der Waals surface area contributed by atoms with Crippen LogP contribution in [0.2, 0.25) is 0 Å². The lowest BCUT2D eigenvalue weighted by atomic mass is 9.68. The predicted octanol–water partition coefficient (Wildman–Crippen LogP) is 3.69. The number of urea groups is 1. The number of methoxy groups -OCH3 is 1. The fourth-order valence-electron chi connectivity index (χ4n) is 6.53. The van der Waals surface area contributed by atoms with Gasteiger partial charge in [0.05, 0.1) is 19.8 Å². The molecular weight excluding hydrogens is 444 g/mol. The molecule has 0 unspecified atom stereocenters. The summed E-state index contributed by atoms with van der Waals surface area (Å²) in [7, 11) is 1.65. The number of rotatable bonds is 4. The van der Waals surface area contributed by atoms with Crippen LogP contribution in [-0.4, -0.2) is 71.2 Å². The van der Waals surface area contributed by atoms with Crippen molar-refractivity contribution in [2.75, 3.05) is 33.4 Å². The maximum absolute atomic E-state index is 13.7. The molecule has 1 saturated carbocycles. The normalized spacial score (nSPS) is 22.1. The van der Waals surface area contributed by atoms with E-state index in [1.54, 1.807) is 7.11 Å². The van der Waals surface area contributed by atoms with Crippen LogP contribution >= 0.6 is 0 Å². The molecule has 1 aromatic heterocycles. The third-order valence-corrected chi connectivity index (χ3v) is 8.33. The summed E-state index contributed by atoms with van der Waals surface area (Å²) in [4.78, 5) is 33.8. The van der Waals surface area contributed by atoms with E-state index < -0.39 is 0 Å². The fourth-order valence-corrected chi connectivity index (χ4v) is 6.53. The molecule has 1 aliphatic carbocycles. The first-order valence-electron chi connectivity index (χ1n) is 13.0. The zero-order chi connectivity index (χ0) is 24.7. The maximum atomic E-state index is 13.7. The van der Waals surface area contributed by atoms with E-state index >= 15 is 0 Å². The van der Waals surface area contributed by atoms with Crippen LogP contribution in [0.5, 0.6) is 5.75 Å². The van der Waals surface area contributed by atoms with Crippen molar-refractivity contribution < 1.29 is 19.4 Å². The Kier molecular flexibility index (Phi) is 6.42. The number of aliphatic hydroxyl groups excluding tert-OH is 1. The Labute approximate surface area is 207 Å². The Balaban J connectivity index is 1.55. The number of fused-ring (bicyclic) bond motifs is 4. The molecule has 3 aliphatic rings. The first-order valence-corrected chi connectivity index (χ1v) is 13.0. The monoisotopic (exact) mass is 482 g/mol. The molecule has 35 heavy (non-hydrogen) atoms. The third-order valence-electron chi connectivity index (χ3n) is 8.33. The number of carbonyl (C=O) groups is 2. The number of nitrogens with zero attached hydrogens (tertiary/aromatic N) is 2. The van der Waals surface area contributed by atoms with Crippen LogP contribution in [0.4, 0.5) is 4.79 Å². The second kappa shape index (κ2) is 9.37. The van der Waals surface area contributed by atoms with Gasteiger partial charge in [-0.15, -0.1) is 0 Å². The molecule has 1 spiro atoms. The number of likely N-dealkylation sites (tertiary alicyclic amines) is 1. The quantitative estimate of drug-likeness (QED) is 0.619. The van der Waals surface area contributed by atoms with Gasteiger partial charge in [0.1, 0.15) is 5.75 Å². The van der Waals surface area contributed by atoms with Gasteiger partial charge in [-0.3, -0.25) is 4.79 Å². The van der Waals surface area contributed by atoms with Crippen molar-refractivity contribution in [3.05, 3.63) is 29.5 Å². The second-order valence-electron chi connectivity index (χ2n) is 10.8. The number of carbonyl (C=O) groups excluding carboxylic acids is 2. The number of hydrogen-bond donors (Lipinski definition) is 3. The van der Waals surface area contributed by atoms with Gasteiger partial charge in [0, 0.05) is 59.7 Å². The highest BCUT2D eigenvalue weighted by atomic mass is 16.5. The first-order chi connectivity index (χ1) is 16.9. The topological polar surface area (TPSA) is 97.9 Å². The number of aromatic amines is 1. The molecule has 2 fully saturated rings. The Morgan fingerprint density at radius 1 is 1.23 bits per heavy atom. The summed E-state index contributed by atoms with van der Waals surface area (Å²) in [6.45, 7) is 5.68. The lowest BCUT2D eigenvalue weighted by Gasteiger charge is -2.50. The van der Waals surface area contributed by atoms with Crippen molar-refractivity contribution in [1.29, 1.82) is 0 Å². The summed E-state index contributed by atoms with van der Waals surface area (Å²) in [5.74, 6) is 0.983. The number of benzene rings is 1. The lowest BCUT2D eigenvalue weighted by molar-refractivity contribution is -0.141. The van der Waals surface area contributed by atoms with Gasteiger partial charge in [0.2, 0.25) is 5.91 Å². The molecule has 3 amide bonds. The average molecular weight is 483 g/mol. The van der Waals surface area contributed by atoms with Crippen molar-refractivity contribution in [1.82, 2.24) is 20.1 Å². The van der Waals surface area contributed by atoms with Crippen LogP contribution in [0, 0.1) is 5.92 Å². The molecule has 2 aromatic rings. The van der Waals surface area contributed by atoms with E-state index in [0.29, 0.717) is 19.6 Å². The Bertz CT molecular complexity index is 1100. The van der Waals surface area contributed by atoms with Crippen molar-refractivity contribution in [2.45, 2.75) is 69.9 Å². The van der Waals surface area contributed by atoms with E-state index in [2.05, 4.69) is 16.4 Å². The van der Waals surface area contributed by atoms with Crippen LogP contribution in [0.15, 0.2) is 18.2 Å². The van der Waals surface area contributed by atoms with Gasteiger partial charge in [0.25, 0.3) is 0 Å². The number of aromatic nitrogens is 1. The largest absolute Gasteiger partial charge is 0.497 e. The minimum Gasteiger partial charge on any atom is -0.497 e. The van der Waals surface area contributed by atoms with E-state index in [-0.39, 0.29) is 42.0 Å². The molecule has 8 nitrogen and oxygen atoms in total. The Morgan fingerprint density at radius 2 is 1.94 bits per heavy atom. The molecule has 1 saturated heterocycles. The van der Waals surface area contributed by atoms with Gasteiger partial charge in [-0.25, -0.2) is 4.79 Å². The van der Waals surface area contributed by atoms with Crippen LogP contribution in [-0.2, 0) is 10.2 Å². The summed E-state index contributed by atoms with van der Waals surface area (Å²) in [5, 5.41) is 14.6. The summed E-state index contributed by atoms with van der Waals surface area (Å²) < 4.78 is 5.46. The zero-order valence-corrected chi connectivity index (χ0v) is 21.1. The fraction of sp³-hybridized carbons (Fsp3) is 0.630. The molecule has 3 N–H and O–H groups in total. The molecule has 0 radical (unpaired) electrons. The smallest absolute Gasteiger partial charge is 0.317 e. The van der Waals surface area contributed by atoms with E-state index in [1.165, 1.54) is 5.56 Å². The number of H-pyrrole nitrogens is 1. The van der Waals surface area contributed by atoms with Gasteiger partial charge in [-0.2, -0.15) is 0 Å². The molecule has 8 heteroatoms. The van der Waals surface area contributed by atoms with Gasteiger partial charge >= 0.3 is 6.03 Å². The molecule has 0 bridgehead atoms. The molecule has 3 heterocycles. The predicted molar refractivity (Wildman–Crippen MR) is 135 cm³/mol. The Hall–Kier alpha value is -2.74. The van der Waals surface area contributed by atoms with Crippen molar-refractivity contribution in [3.8, 4) is 5.75 Å². The van der Waals surface area contributed by atoms with Gasteiger partial charge < -0.3 is 29.9 Å². The summed E-state index contributed by atoms with van der Waals surface area (Å²) in [5.41, 5.74) is 2.83.